The zero-order valence-corrected chi connectivity index (χ0v) is 9.90. The molecule has 1 atom stereocenters. The maximum atomic E-state index is 10.7. The fourth-order valence-corrected chi connectivity index (χ4v) is 0.694. The predicted octanol–water partition coefficient (Wildman–Crippen LogP) is 3.05. The smallest absolute Gasteiger partial charge is 0.427 e. The molecule has 0 fully saturated rings. The molecule has 0 aromatic rings. The molecule has 4 nitrogen and oxygen atoms in total. The summed E-state index contributed by atoms with van der Waals surface area (Å²) in [5.74, 6) is 0. The molecule has 1 radical (unpaired) electrons. The highest BCUT2D eigenvalue weighted by molar-refractivity contribution is 6.67. The lowest BCUT2D eigenvalue weighted by Gasteiger charge is -2.16. The van der Waals surface area contributed by atoms with Crippen molar-refractivity contribution in [2.45, 2.75) is 23.9 Å². The van der Waals surface area contributed by atoms with Gasteiger partial charge < -0.3 is 14.2 Å². The van der Waals surface area contributed by atoms with Crippen LogP contribution in [0.4, 0.5) is 4.79 Å². The van der Waals surface area contributed by atoms with Crippen LogP contribution in [-0.2, 0) is 14.2 Å². The Bertz CT molecular complexity index is 180. The van der Waals surface area contributed by atoms with E-state index in [0.29, 0.717) is 0 Å². The first kappa shape index (κ1) is 14.1. The van der Waals surface area contributed by atoms with Gasteiger partial charge in [-0.2, -0.15) is 0 Å². The first-order valence-electron chi connectivity index (χ1n) is 3.68. The Labute approximate surface area is 97.3 Å². The van der Waals surface area contributed by atoms with E-state index in [2.05, 4.69) is 9.47 Å². The summed E-state index contributed by atoms with van der Waals surface area (Å²) < 4.78 is 12.3. The Hall–Kier alpha value is 0.1000. The van der Waals surface area contributed by atoms with Gasteiger partial charge in [0.25, 0.3) is 0 Å². The van der Waals surface area contributed by atoms with Crippen molar-refractivity contribution in [1.82, 2.24) is 0 Å². The maximum absolute atomic E-state index is 10.7. The van der Waals surface area contributed by atoms with Gasteiger partial charge in [-0.05, 0) is 13.8 Å². The summed E-state index contributed by atoms with van der Waals surface area (Å²) in [4.78, 5) is 10.7. The zero-order valence-electron chi connectivity index (χ0n) is 7.63. The van der Waals surface area contributed by atoms with E-state index < -0.39 is 16.2 Å². The molecular weight excluding hydrogens is 254 g/mol. The van der Waals surface area contributed by atoms with Gasteiger partial charge >= 0.3 is 6.16 Å². The van der Waals surface area contributed by atoms with Crippen LogP contribution in [0.5, 0.6) is 0 Å². The van der Waals surface area contributed by atoms with Crippen LogP contribution in [-0.4, -0.2) is 22.8 Å². The zero-order chi connectivity index (χ0) is 11.2. The molecule has 0 aromatic carbocycles. The van der Waals surface area contributed by atoms with Crippen LogP contribution in [0.25, 0.3) is 0 Å². The fraction of sp³-hybridized carbons (Fsp3) is 0.714. The molecule has 0 heterocycles. The van der Waals surface area contributed by atoms with Gasteiger partial charge in [-0.15, -0.1) is 0 Å². The van der Waals surface area contributed by atoms with Crippen LogP contribution in [0, 0.1) is 6.61 Å². The SMILES string of the molecule is C[CH]OC(=O)OC(C)OCC(Cl)(Cl)Cl. The van der Waals surface area contributed by atoms with Crippen LogP contribution in [0.2, 0.25) is 0 Å². The number of hydrogen-bond donors (Lipinski definition) is 0. The van der Waals surface area contributed by atoms with Gasteiger partial charge in [-0.3, -0.25) is 0 Å². The summed E-state index contributed by atoms with van der Waals surface area (Å²) in [6.45, 7) is 4.02. The second-order valence-electron chi connectivity index (χ2n) is 2.22. The van der Waals surface area contributed by atoms with E-state index in [1.165, 1.54) is 20.5 Å². The fourth-order valence-electron chi connectivity index (χ4n) is 0.505. The van der Waals surface area contributed by atoms with Crippen molar-refractivity contribution in [2.75, 3.05) is 6.61 Å². The Morgan fingerprint density at radius 2 is 2.07 bits per heavy atom. The van der Waals surface area contributed by atoms with E-state index in [9.17, 15) is 4.79 Å². The number of rotatable bonds is 4. The summed E-state index contributed by atoms with van der Waals surface area (Å²) in [6.07, 6.45) is -1.71. The van der Waals surface area contributed by atoms with Crippen molar-refractivity contribution in [2.24, 2.45) is 0 Å². The van der Waals surface area contributed by atoms with Crippen molar-refractivity contribution in [3.63, 3.8) is 0 Å². The van der Waals surface area contributed by atoms with Crippen LogP contribution in [0.3, 0.4) is 0 Å². The molecular formula is C7H10Cl3O4. The molecule has 83 valence electrons. The average Bonchev–Trinajstić information content (AvgIpc) is 2.00. The largest absolute Gasteiger partial charge is 0.510 e. The molecule has 0 bridgehead atoms. The topological polar surface area (TPSA) is 44.8 Å². The lowest BCUT2D eigenvalue weighted by atomic mass is 10.7. The lowest BCUT2D eigenvalue weighted by molar-refractivity contribution is -0.106. The molecule has 0 amide bonds. The normalized spacial score (nSPS) is 13.5. The number of carbonyl (C=O) groups is 1. The van der Waals surface area contributed by atoms with Gasteiger partial charge in [-0.1, -0.05) is 34.8 Å². The number of halogens is 3. The van der Waals surface area contributed by atoms with Gasteiger partial charge in [0.2, 0.25) is 10.1 Å². The third-order valence-electron chi connectivity index (χ3n) is 0.958. The van der Waals surface area contributed by atoms with Crippen LogP contribution >= 0.6 is 34.8 Å². The molecule has 0 aliphatic heterocycles. The molecule has 0 aliphatic carbocycles. The Morgan fingerprint density at radius 1 is 1.50 bits per heavy atom. The van der Waals surface area contributed by atoms with Gasteiger partial charge in [0, 0.05) is 0 Å². The van der Waals surface area contributed by atoms with E-state index in [-0.39, 0.29) is 6.61 Å². The number of hydrogen-bond acceptors (Lipinski definition) is 4. The van der Waals surface area contributed by atoms with E-state index in [0.717, 1.165) is 0 Å². The molecule has 0 rings (SSSR count). The monoisotopic (exact) mass is 263 g/mol. The highest BCUT2D eigenvalue weighted by Gasteiger charge is 2.22. The molecule has 0 saturated carbocycles. The first-order chi connectivity index (χ1) is 6.35. The summed E-state index contributed by atoms with van der Waals surface area (Å²) in [5.41, 5.74) is 0. The van der Waals surface area contributed by atoms with Gasteiger partial charge in [0.15, 0.2) is 0 Å². The minimum Gasteiger partial charge on any atom is -0.427 e. The summed E-state index contributed by atoms with van der Waals surface area (Å²) in [6, 6.07) is 0. The van der Waals surface area contributed by atoms with Crippen molar-refractivity contribution in [3.8, 4) is 0 Å². The second-order valence-corrected chi connectivity index (χ2v) is 4.73. The molecule has 1 unspecified atom stereocenters. The second kappa shape index (κ2) is 6.56. The molecule has 0 saturated heterocycles. The first-order valence-corrected chi connectivity index (χ1v) is 4.82. The average molecular weight is 265 g/mol. The van der Waals surface area contributed by atoms with Crippen molar-refractivity contribution in [1.29, 1.82) is 0 Å². The maximum Gasteiger partial charge on any atom is 0.510 e. The van der Waals surface area contributed by atoms with Crippen molar-refractivity contribution < 1.29 is 19.0 Å². The van der Waals surface area contributed by atoms with E-state index in [1.807, 2.05) is 0 Å². The highest BCUT2D eigenvalue weighted by atomic mass is 35.6. The van der Waals surface area contributed by atoms with Gasteiger partial charge in [-0.25, -0.2) is 4.79 Å². The molecule has 0 aliphatic rings. The number of carbonyl (C=O) groups excluding carboxylic acids is 1. The minimum absolute atomic E-state index is 0.179. The van der Waals surface area contributed by atoms with E-state index >= 15 is 0 Å². The molecule has 7 heteroatoms. The molecule has 14 heavy (non-hydrogen) atoms. The van der Waals surface area contributed by atoms with Crippen LogP contribution < -0.4 is 0 Å². The highest BCUT2D eigenvalue weighted by Crippen LogP contribution is 2.26. The molecule has 0 N–H and O–H groups in total. The summed E-state index contributed by atoms with van der Waals surface area (Å²) in [7, 11) is 0. The number of alkyl halides is 3. The number of ether oxygens (including phenoxy) is 3. The third kappa shape index (κ3) is 8.69. The van der Waals surface area contributed by atoms with Gasteiger partial charge in [0.1, 0.15) is 6.61 Å². The minimum atomic E-state index is -1.53. The molecule has 0 spiro atoms. The standard InChI is InChI=1S/C7H10Cl3O4/c1-3-12-6(11)14-5(2)13-4-7(8,9)10/h3,5H,4H2,1-2H3. The van der Waals surface area contributed by atoms with Crippen LogP contribution in [0.15, 0.2) is 0 Å². The summed E-state index contributed by atoms with van der Waals surface area (Å²) >= 11 is 16.2. The lowest BCUT2D eigenvalue weighted by Crippen LogP contribution is -2.23. The third-order valence-corrected chi connectivity index (χ3v) is 1.29. The van der Waals surface area contributed by atoms with Crippen molar-refractivity contribution >= 4 is 41.0 Å². The van der Waals surface area contributed by atoms with Crippen LogP contribution in [0.1, 0.15) is 13.8 Å². The Morgan fingerprint density at radius 3 is 2.50 bits per heavy atom. The summed E-state index contributed by atoms with van der Waals surface area (Å²) in [5, 5.41) is 0. The van der Waals surface area contributed by atoms with E-state index in [1.54, 1.807) is 0 Å². The Balaban J connectivity index is 3.65. The Kier molecular flexibility index (Phi) is 6.61. The quantitative estimate of drug-likeness (QED) is 0.445. The predicted molar refractivity (Wildman–Crippen MR) is 53.2 cm³/mol. The van der Waals surface area contributed by atoms with Crippen molar-refractivity contribution in [3.05, 3.63) is 6.61 Å². The van der Waals surface area contributed by atoms with Gasteiger partial charge in [0.05, 0.1) is 6.61 Å². The van der Waals surface area contributed by atoms with E-state index in [4.69, 9.17) is 39.5 Å². The molecule has 0 aromatic heterocycles.